The Balaban J connectivity index is 1.92. The molecule has 1 aliphatic rings. The molecule has 1 aromatic heterocycles. The number of anilines is 1. The molecule has 3 amide bonds. The van der Waals surface area contributed by atoms with Gasteiger partial charge >= 0.3 is 0 Å². The second-order valence-corrected chi connectivity index (χ2v) is 5.54. The maximum Gasteiger partial charge on any atom is 0.262 e. The van der Waals surface area contributed by atoms with Crippen molar-refractivity contribution in [1.29, 1.82) is 0 Å². The fourth-order valence-electron chi connectivity index (χ4n) is 2.64. The highest BCUT2D eigenvalue weighted by atomic mass is 16.2. The number of hydrogen-bond acceptors (Lipinski definition) is 5. The molecule has 0 spiro atoms. The average molecular weight is 313 g/mol. The van der Waals surface area contributed by atoms with E-state index in [2.05, 4.69) is 20.5 Å². The number of H-pyrrole nitrogens is 1. The average Bonchev–Trinajstić information content (AvgIpc) is 3.10. The topological polar surface area (TPSA) is 108 Å². The number of rotatable bonds is 4. The lowest BCUT2D eigenvalue weighted by molar-refractivity contribution is -0.121. The van der Waals surface area contributed by atoms with Gasteiger partial charge in [-0.3, -0.25) is 24.6 Å². The molecule has 3 rings (SSSR count). The normalized spacial score (nSPS) is 15.0. The fourth-order valence-corrected chi connectivity index (χ4v) is 2.64. The minimum Gasteiger partial charge on any atom is -0.293 e. The van der Waals surface area contributed by atoms with Gasteiger partial charge in [-0.25, -0.2) is 5.10 Å². The zero-order valence-electron chi connectivity index (χ0n) is 12.6. The van der Waals surface area contributed by atoms with E-state index < -0.39 is 23.8 Å². The maximum atomic E-state index is 12.5. The molecule has 0 saturated heterocycles. The third-order valence-electron chi connectivity index (χ3n) is 3.66. The Labute approximate surface area is 131 Å². The van der Waals surface area contributed by atoms with Crippen molar-refractivity contribution in [3.8, 4) is 0 Å². The monoisotopic (exact) mass is 313 g/mol. The van der Waals surface area contributed by atoms with Gasteiger partial charge in [0.25, 0.3) is 11.8 Å². The highest BCUT2D eigenvalue weighted by Crippen LogP contribution is 2.27. The fraction of sp³-hybridized carbons (Fsp3) is 0.267. The minimum absolute atomic E-state index is 0.164. The van der Waals surface area contributed by atoms with Crippen LogP contribution in [0, 0.1) is 5.92 Å². The highest BCUT2D eigenvalue weighted by Gasteiger charge is 2.43. The summed E-state index contributed by atoms with van der Waals surface area (Å²) in [6.45, 7) is 3.54. The number of nitrogens with one attached hydrogen (secondary N) is 2. The summed E-state index contributed by atoms with van der Waals surface area (Å²) in [7, 11) is 0. The summed E-state index contributed by atoms with van der Waals surface area (Å²) in [6.07, 6.45) is 1.25. The van der Waals surface area contributed by atoms with Crippen LogP contribution in [0.3, 0.4) is 0 Å². The van der Waals surface area contributed by atoms with Gasteiger partial charge in [0.2, 0.25) is 11.9 Å². The van der Waals surface area contributed by atoms with Crippen molar-refractivity contribution in [2.24, 2.45) is 5.92 Å². The molecule has 0 unspecified atom stereocenters. The standard InChI is InChI=1S/C15H15N5O3/c1-8(2)11(12(21)18-15-16-7-17-19-15)20-13(22)9-5-3-4-6-10(9)14(20)23/h3-8,11H,1-2H3,(H2,16,17,18,19,21)/t11-/m0/s1. The van der Waals surface area contributed by atoms with Crippen molar-refractivity contribution in [3.63, 3.8) is 0 Å². The number of fused-ring (bicyclic) bond motifs is 1. The Morgan fingerprint density at radius 3 is 2.26 bits per heavy atom. The SMILES string of the molecule is CC(C)[C@@H](C(=O)Nc1ncn[nH]1)N1C(=O)c2ccccc2C1=O. The van der Waals surface area contributed by atoms with Crippen LogP contribution < -0.4 is 5.32 Å². The Hall–Kier alpha value is -3.03. The molecule has 1 atom stereocenters. The van der Waals surface area contributed by atoms with E-state index >= 15 is 0 Å². The van der Waals surface area contributed by atoms with Crippen LogP contribution in [-0.4, -0.2) is 43.8 Å². The van der Waals surface area contributed by atoms with Crippen molar-refractivity contribution in [1.82, 2.24) is 20.1 Å². The molecule has 0 aliphatic carbocycles. The van der Waals surface area contributed by atoms with Crippen molar-refractivity contribution in [2.75, 3.05) is 5.32 Å². The predicted molar refractivity (Wildman–Crippen MR) is 80.6 cm³/mol. The second kappa shape index (κ2) is 5.64. The quantitative estimate of drug-likeness (QED) is 0.821. The third-order valence-corrected chi connectivity index (χ3v) is 3.66. The Kier molecular flexibility index (Phi) is 3.65. The number of aromatic amines is 1. The number of amides is 3. The van der Waals surface area contributed by atoms with Crippen LogP contribution in [0.4, 0.5) is 5.95 Å². The van der Waals surface area contributed by atoms with Crippen molar-refractivity contribution < 1.29 is 14.4 Å². The summed E-state index contributed by atoms with van der Waals surface area (Å²) in [4.78, 5) is 42.5. The number of nitrogens with zero attached hydrogens (tertiary/aromatic N) is 3. The lowest BCUT2D eigenvalue weighted by Crippen LogP contribution is -2.50. The van der Waals surface area contributed by atoms with Gasteiger partial charge in [-0.2, -0.15) is 10.1 Å². The molecule has 2 aromatic rings. The van der Waals surface area contributed by atoms with Crippen LogP contribution in [0.15, 0.2) is 30.6 Å². The van der Waals surface area contributed by atoms with Crippen LogP contribution in [0.1, 0.15) is 34.6 Å². The van der Waals surface area contributed by atoms with E-state index in [4.69, 9.17) is 0 Å². The molecule has 1 aromatic carbocycles. The molecule has 2 heterocycles. The van der Waals surface area contributed by atoms with Gasteiger partial charge in [0.15, 0.2) is 0 Å². The second-order valence-electron chi connectivity index (χ2n) is 5.54. The zero-order valence-corrected chi connectivity index (χ0v) is 12.6. The number of aromatic nitrogens is 3. The highest BCUT2D eigenvalue weighted by molar-refractivity contribution is 6.23. The molecule has 8 heteroatoms. The number of carbonyl (C=O) groups is 3. The third kappa shape index (κ3) is 2.48. The lowest BCUT2D eigenvalue weighted by Gasteiger charge is -2.27. The first kappa shape index (κ1) is 14.9. The largest absolute Gasteiger partial charge is 0.293 e. The number of hydrogen-bond donors (Lipinski definition) is 2. The predicted octanol–water partition coefficient (Wildman–Crippen LogP) is 1.06. The van der Waals surface area contributed by atoms with E-state index in [9.17, 15) is 14.4 Å². The van der Waals surface area contributed by atoms with E-state index in [1.54, 1.807) is 38.1 Å². The summed E-state index contributed by atoms with van der Waals surface area (Å²) in [5, 5.41) is 8.69. The molecule has 0 fully saturated rings. The van der Waals surface area contributed by atoms with E-state index in [1.807, 2.05) is 0 Å². The van der Waals surface area contributed by atoms with Gasteiger partial charge in [-0.05, 0) is 18.1 Å². The summed E-state index contributed by atoms with van der Waals surface area (Å²) < 4.78 is 0. The van der Waals surface area contributed by atoms with Crippen LogP contribution >= 0.6 is 0 Å². The number of imide groups is 1. The van der Waals surface area contributed by atoms with Gasteiger partial charge in [-0.1, -0.05) is 26.0 Å². The van der Waals surface area contributed by atoms with Crippen LogP contribution in [-0.2, 0) is 4.79 Å². The minimum atomic E-state index is -0.938. The van der Waals surface area contributed by atoms with Crippen molar-refractivity contribution in [3.05, 3.63) is 41.7 Å². The first-order valence-corrected chi connectivity index (χ1v) is 7.14. The smallest absolute Gasteiger partial charge is 0.262 e. The van der Waals surface area contributed by atoms with Crippen LogP contribution in [0.2, 0.25) is 0 Å². The Morgan fingerprint density at radius 2 is 1.78 bits per heavy atom. The van der Waals surface area contributed by atoms with Crippen LogP contribution in [0.5, 0.6) is 0 Å². The Bertz CT molecular complexity index is 734. The van der Waals surface area contributed by atoms with E-state index in [0.717, 1.165) is 4.90 Å². The summed E-state index contributed by atoms with van der Waals surface area (Å²) in [6, 6.07) is 5.61. The summed E-state index contributed by atoms with van der Waals surface area (Å²) in [5.74, 6) is -1.52. The van der Waals surface area contributed by atoms with Crippen molar-refractivity contribution >= 4 is 23.7 Å². The van der Waals surface area contributed by atoms with Crippen LogP contribution in [0.25, 0.3) is 0 Å². The molecule has 118 valence electrons. The number of benzene rings is 1. The molecule has 0 saturated carbocycles. The van der Waals surface area contributed by atoms with Crippen molar-refractivity contribution in [2.45, 2.75) is 19.9 Å². The molecular formula is C15H15N5O3. The molecule has 0 bridgehead atoms. The molecule has 8 nitrogen and oxygen atoms in total. The molecule has 2 N–H and O–H groups in total. The van der Waals surface area contributed by atoms with Gasteiger partial charge in [0, 0.05) is 0 Å². The number of carbonyl (C=O) groups excluding carboxylic acids is 3. The van der Waals surface area contributed by atoms with E-state index in [-0.39, 0.29) is 11.9 Å². The molecule has 23 heavy (non-hydrogen) atoms. The summed E-state index contributed by atoms with van der Waals surface area (Å²) >= 11 is 0. The molecule has 0 radical (unpaired) electrons. The Morgan fingerprint density at radius 1 is 1.17 bits per heavy atom. The molecule has 1 aliphatic heterocycles. The van der Waals surface area contributed by atoms with Gasteiger partial charge in [0.05, 0.1) is 11.1 Å². The van der Waals surface area contributed by atoms with Gasteiger partial charge in [-0.15, -0.1) is 0 Å². The maximum absolute atomic E-state index is 12.5. The summed E-state index contributed by atoms with van der Waals surface area (Å²) in [5.41, 5.74) is 0.631. The van der Waals surface area contributed by atoms with Gasteiger partial charge < -0.3 is 0 Å². The van der Waals surface area contributed by atoms with Gasteiger partial charge in [0.1, 0.15) is 12.4 Å². The van der Waals surface area contributed by atoms with E-state index in [0.29, 0.717) is 11.1 Å². The zero-order chi connectivity index (χ0) is 16.6. The molecular weight excluding hydrogens is 298 g/mol. The lowest BCUT2D eigenvalue weighted by atomic mass is 10.0. The first-order chi connectivity index (χ1) is 11.0. The van der Waals surface area contributed by atoms with E-state index in [1.165, 1.54) is 6.33 Å². The first-order valence-electron chi connectivity index (χ1n) is 7.14.